The summed E-state index contributed by atoms with van der Waals surface area (Å²) >= 11 is 2.93. The van der Waals surface area contributed by atoms with Crippen molar-refractivity contribution in [2.45, 2.75) is 25.1 Å². The largest absolute Gasteiger partial charge is 0.300 e. The van der Waals surface area contributed by atoms with Crippen molar-refractivity contribution < 1.29 is 13.2 Å². The van der Waals surface area contributed by atoms with Crippen molar-refractivity contribution in [1.29, 1.82) is 0 Å². The average Bonchev–Trinajstić information content (AvgIpc) is 2.89. The Labute approximate surface area is 152 Å². The van der Waals surface area contributed by atoms with E-state index in [2.05, 4.69) is 42.8 Å². The molecule has 1 aromatic carbocycles. The molecule has 0 atom stereocenters. The highest BCUT2D eigenvalue weighted by Crippen LogP contribution is 2.24. The molecule has 1 aromatic heterocycles. The molecule has 23 heavy (non-hydrogen) atoms. The van der Waals surface area contributed by atoms with Crippen molar-refractivity contribution in [2.24, 2.45) is 5.41 Å². The van der Waals surface area contributed by atoms with Gasteiger partial charge in [-0.1, -0.05) is 32.1 Å². The molecular formula is C13H15IN4O3S2. The van der Waals surface area contributed by atoms with Crippen molar-refractivity contribution in [3.05, 3.63) is 27.8 Å². The second-order valence-electron chi connectivity index (χ2n) is 5.69. The Morgan fingerprint density at radius 2 is 1.78 bits per heavy atom. The first kappa shape index (κ1) is 18.1. The van der Waals surface area contributed by atoms with Crippen LogP contribution in [0.1, 0.15) is 20.8 Å². The van der Waals surface area contributed by atoms with E-state index in [1.54, 1.807) is 45.0 Å². The van der Waals surface area contributed by atoms with Crippen LogP contribution in [0, 0.1) is 8.99 Å². The molecule has 0 unspecified atom stereocenters. The molecule has 1 heterocycles. The zero-order valence-corrected chi connectivity index (χ0v) is 16.4. The van der Waals surface area contributed by atoms with Crippen molar-refractivity contribution in [3.63, 3.8) is 0 Å². The zero-order valence-electron chi connectivity index (χ0n) is 12.6. The molecule has 2 aromatic rings. The molecule has 0 spiro atoms. The minimum absolute atomic E-state index is 0.146. The number of carbonyl (C=O) groups excluding carboxylic acids is 1. The smallest absolute Gasteiger partial charge is 0.291 e. The summed E-state index contributed by atoms with van der Waals surface area (Å²) in [5.74, 6) is -0.261. The molecule has 0 radical (unpaired) electrons. The van der Waals surface area contributed by atoms with Crippen LogP contribution < -0.4 is 10.0 Å². The molecule has 124 valence electrons. The predicted molar refractivity (Wildman–Crippen MR) is 98.0 cm³/mol. The van der Waals surface area contributed by atoms with Gasteiger partial charge in [0.25, 0.3) is 14.4 Å². The van der Waals surface area contributed by atoms with Crippen LogP contribution in [0.4, 0.5) is 10.8 Å². The Kier molecular flexibility index (Phi) is 5.26. The molecule has 2 N–H and O–H groups in total. The van der Waals surface area contributed by atoms with Crippen LogP contribution in [-0.2, 0) is 14.8 Å². The van der Waals surface area contributed by atoms with E-state index in [9.17, 15) is 13.2 Å². The van der Waals surface area contributed by atoms with E-state index in [1.807, 2.05) is 0 Å². The van der Waals surface area contributed by atoms with Crippen LogP contribution in [-0.4, -0.2) is 24.5 Å². The molecule has 0 bridgehead atoms. The fourth-order valence-corrected chi connectivity index (χ4v) is 3.68. The number of aromatic nitrogens is 2. The van der Waals surface area contributed by atoms with E-state index in [-0.39, 0.29) is 15.4 Å². The Morgan fingerprint density at radius 3 is 2.35 bits per heavy atom. The molecule has 0 aliphatic rings. The van der Waals surface area contributed by atoms with Gasteiger partial charge in [0.1, 0.15) is 0 Å². The fourth-order valence-electron chi connectivity index (χ4n) is 1.37. The van der Waals surface area contributed by atoms with Gasteiger partial charge in [-0.3, -0.25) is 9.52 Å². The Hall–Kier alpha value is -1.27. The molecule has 0 aliphatic heterocycles. The third-order valence-corrected chi connectivity index (χ3v) is 5.94. The maximum Gasteiger partial charge on any atom is 0.291 e. The van der Waals surface area contributed by atoms with E-state index >= 15 is 0 Å². The average molecular weight is 466 g/mol. The number of nitrogens with one attached hydrogen (secondary N) is 2. The highest BCUT2D eigenvalue weighted by atomic mass is 127. The Bertz CT molecular complexity index is 810. The highest BCUT2D eigenvalue weighted by molar-refractivity contribution is 14.1. The molecule has 7 nitrogen and oxygen atoms in total. The lowest BCUT2D eigenvalue weighted by Crippen LogP contribution is -2.27. The lowest BCUT2D eigenvalue weighted by molar-refractivity contribution is -0.123. The predicted octanol–water partition coefficient (Wildman–Crippen LogP) is 2.93. The molecule has 1 amide bonds. The van der Waals surface area contributed by atoms with Crippen LogP contribution in [0.15, 0.2) is 28.6 Å². The van der Waals surface area contributed by atoms with Crippen LogP contribution in [0.3, 0.4) is 0 Å². The standard InChI is InChI=1S/C13H15IN4O3S2/c1-13(2,3)10(19)15-11-16-17-12(22-11)23(20,21)18-9-6-4-8(14)5-7-9/h4-7,18H,1-3H3,(H,15,16,19). The number of hydrogen-bond donors (Lipinski definition) is 2. The van der Waals surface area contributed by atoms with Gasteiger partial charge < -0.3 is 5.32 Å². The number of rotatable bonds is 4. The quantitative estimate of drug-likeness (QED) is 0.533. The summed E-state index contributed by atoms with van der Waals surface area (Å²) in [5, 5.41) is 10.1. The third kappa shape index (κ3) is 4.85. The lowest BCUT2D eigenvalue weighted by atomic mass is 9.96. The van der Waals surface area contributed by atoms with Crippen LogP contribution in [0.25, 0.3) is 0 Å². The minimum atomic E-state index is -3.84. The van der Waals surface area contributed by atoms with Crippen molar-refractivity contribution in [1.82, 2.24) is 10.2 Å². The third-order valence-electron chi connectivity index (χ3n) is 2.63. The van der Waals surface area contributed by atoms with E-state index in [0.717, 1.165) is 14.9 Å². The lowest BCUT2D eigenvalue weighted by Gasteiger charge is -2.15. The van der Waals surface area contributed by atoms with Crippen LogP contribution in [0.5, 0.6) is 0 Å². The summed E-state index contributed by atoms with van der Waals surface area (Å²) < 4.78 is 27.7. The molecule has 0 saturated carbocycles. The molecule has 10 heteroatoms. The van der Waals surface area contributed by atoms with Crippen LogP contribution in [0.2, 0.25) is 0 Å². The highest BCUT2D eigenvalue weighted by Gasteiger charge is 2.25. The fraction of sp³-hybridized carbons (Fsp3) is 0.308. The Balaban J connectivity index is 2.15. The second kappa shape index (κ2) is 6.69. The van der Waals surface area contributed by atoms with Gasteiger partial charge in [-0.25, -0.2) is 0 Å². The number of amides is 1. The number of carbonyl (C=O) groups is 1. The molecule has 2 rings (SSSR count). The first-order chi connectivity index (χ1) is 10.6. The monoisotopic (exact) mass is 466 g/mol. The van der Waals surface area contributed by atoms with Crippen molar-refractivity contribution in [2.75, 3.05) is 10.0 Å². The van der Waals surface area contributed by atoms with Gasteiger partial charge in [0.05, 0.1) is 0 Å². The summed E-state index contributed by atoms with van der Waals surface area (Å²) in [6, 6.07) is 6.88. The van der Waals surface area contributed by atoms with Crippen molar-refractivity contribution in [3.8, 4) is 0 Å². The maximum absolute atomic E-state index is 12.3. The SMILES string of the molecule is CC(C)(C)C(=O)Nc1nnc(S(=O)(=O)Nc2ccc(I)cc2)s1. The summed E-state index contributed by atoms with van der Waals surface area (Å²) in [4.78, 5) is 11.9. The van der Waals surface area contributed by atoms with Gasteiger partial charge in [-0.2, -0.15) is 8.42 Å². The minimum Gasteiger partial charge on any atom is -0.300 e. The first-order valence-corrected chi connectivity index (χ1v) is 9.89. The topological polar surface area (TPSA) is 101 Å². The second-order valence-corrected chi connectivity index (χ2v) is 9.77. The summed E-state index contributed by atoms with van der Waals surface area (Å²) in [6.45, 7) is 5.25. The number of anilines is 2. The van der Waals surface area contributed by atoms with Gasteiger partial charge in [0.15, 0.2) is 0 Å². The van der Waals surface area contributed by atoms with E-state index in [4.69, 9.17) is 0 Å². The van der Waals surface area contributed by atoms with Gasteiger partial charge >= 0.3 is 0 Å². The molecule has 0 fully saturated rings. The molecule has 0 aliphatic carbocycles. The van der Waals surface area contributed by atoms with E-state index in [0.29, 0.717) is 5.69 Å². The normalized spacial score (nSPS) is 12.0. The number of benzene rings is 1. The van der Waals surface area contributed by atoms with Crippen molar-refractivity contribution >= 4 is 60.7 Å². The van der Waals surface area contributed by atoms with E-state index < -0.39 is 15.4 Å². The van der Waals surface area contributed by atoms with Gasteiger partial charge in [0.2, 0.25) is 11.0 Å². The number of hydrogen-bond acceptors (Lipinski definition) is 6. The first-order valence-electron chi connectivity index (χ1n) is 6.51. The zero-order chi connectivity index (χ0) is 17.3. The van der Waals surface area contributed by atoms with Gasteiger partial charge in [-0.15, -0.1) is 10.2 Å². The number of halogens is 1. The summed E-state index contributed by atoms with van der Waals surface area (Å²) in [6.07, 6.45) is 0. The van der Waals surface area contributed by atoms with Gasteiger partial charge in [0, 0.05) is 14.7 Å². The Morgan fingerprint density at radius 1 is 1.17 bits per heavy atom. The summed E-state index contributed by atoms with van der Waals surface area (Å²) in [7, 11) is -3.84. The maximum atomic E-state index is 12.3. The van der Waals surface area contributed by atoms with Crippen LogP contribution >= 0.6 is 33.9 Å². The number of nitrogens with zero attached hydrogens (tertiary/aromatic N) is 2. The molecular weight excluding hydrogens is 451 g/mol. The molecule has 0 saturated heterocycles. The number of sulfonamides is 1. The van der Waals surface area contributed by atoms with Gasteiger partial charge in [-0.05, 0) is 46.9 Å². The van der Waals surface area contributed by atoms with E-state index in [1.165, 1.54) is 0 Å². The summed E-state index contributed by atoms with van der Waals surface area (Å²) in [5.41, 5.74) is -0.176.